The average molecular weight is 335 g/mol. The first-order chi connectivity index (χ1) is 12.2. The van der Waals surface area contributed by atoms with Gasteiger partial charge in [-0.15, -0.1) is 0 Å². The van der Waals surface area contributed by atoms with E-state index < -0.39 is 5.97 Å². The normalized spacial score (nSPS) is 10.8. The molecule has 1 heterocycles. The Morgan fingerprint density at radius 2 is 1.96 bits per heavy atom. The Morgan fingerprint density at radius 1 is 1.12 bits per heavy atom. The summed E-state index contributed by atoms with van der Waals surface area (Å²) in [7, 11) is 1.60. The number of esters is 1. The van der Waals surface area contributed by atoms with Crippen molar-refractivity contribution in [3.8, 4) is 17.1 Å². The van der Waals surface area contributed by atoms with E-state index in [1.807, 2.05) is 54.6 Å². The molecule has 0 fully saturated rings. The van der Waals surface area contributed by atoms with Gasteiger partial charge >= 0.3 is 5.97 Å². The van der Waals surface area contributed by atoms with Crippen LogP contribution >= 0.6 is 0 Å². The Labute approximate surface area is 145 Å². The summed E-state index contributed by atoms with van der Waals surface area (Å²) in [6, 6.07) is 18.7. The molecular formula is C20H17NO4. The molecule has 0 aliphatic carbocycles. The van der Waals surface area contributed by atoms with Crippen molar-refractivity contribution < 1.29 is 18.8 Å². The number of methoxy groups -OCH3 is 1. The molecule has 3 rings (SSSR count). The van der Waals surface area contributed by atoms with Crippen LogP contribution in [0, 0.1) is 0 Å². The second-order valence-corrected chi connectivity index (χ2v) is 5.27. The van der Waals surface area contributed by atoms with E-state index in [-0.39, 0.29) is 6.61 Å². The molecule has 0 atom stereocenters. The fourth-order valence-corrected chi connectivity index (χ4v) is 2.21. The van der Waals surface area contributed by atoms with Gasteiger partial charge in [0.2, 0.25) is 0 Å². The quantitative estimate of drug-likeness (QED) is 0.501. The highest BCUT2D eigenvalue weighted by atomic mass is 16.5. The molecule has 0 radical (unpaired) electrons. The van der Waals surface area contributed by atoms with Crippen molar-refractivity contribution in [1.29, 1.82) is 0 Å². The molecule has 0 unspecified atom stereocenters. The number of nitrogens with zero attached hydrogens (tertiary/aromatic N) is 1. The van der Waals surface area contributed by atoms with E-state index in [1.165, 1.54) is 6.08 Å². The number of hydrogen-bond donors (Lipinski definition) is 0. The van der Waals surface area contributed by atoms with Gasteiger partial charge in [0.25, 0.3) is 0 Å². The first-order valence-corrected chi connectivity index (χ1v) is 7.74. The molecule has 126 valence electrons. The van der Waals surface area contributed by atoms with Gasteiger partial charge in [0.05, 0.1) is 7.11 Å². The van der Waals surface area contributed by atoms with E-state index in [2.05, 4.69) is 5.16 Å². The van der Waals surface area contributed by atoms with E-state index in [1.54, 1.807) is 19.3 Å². The van der Waals surface area contributed by atoms with Crippen molar-refractivity contribution >= 4 is 12.0 Å². The molecule has 0 spiro atoms. The Morgan fingerprint density at radius 3 is 2.76 bits per heavy atom. The smallest absolute Gasteiger partial charge is 0.331 e. The van der Waals surface area contributed by atoms with Gasteiger partial charge in [-0.1, -0.05) is 47.6 Å². The Balaban J connectivity index is 1.58. The molecule has 0 saturated heterocycles. The number of hydrogen-bond acceptors (Lipinski definition) is 5. The lowest BCUT2D eigenvalue weighted by molar-refractivity contribution is -0.139. The van der Waals surface area contributed by atoms with Crippen molar-refractivity contribution in [2.75, 3.05) is 7.11 Å². The van der Waals surface area contributed by atoms with Crippen LogP contribution in [-0.4, -0.2) is 18.2 Å². The van der Waals surface area contributed by atoms with Crippen LogP contribution in [0.4, 0.5) is 0 Å². The summed E-state index contributed by atoms with van der Waals surface area (Å²) in [5.74, 6) is 0.882. The predicted octanol–water partition coefficient (Wildman–Crippen LogP) is 4.11. The lowest BCUT2D eigenvalue weighted by atomic mass is 10.1. The van der Waals surface area contributed by atoms with Crippen LogP contribution in [0.2, 0.25) is 0 Å². The molecule has 5 nitrogen and oxygen atoms in total. The van der Waals surface area contributed by atoms with Gasteiger partial charge in [-0.25, -0.2) is 4.79 Å². The second-order valence-electron chi connectivity index (χ2n) is 5.27. The number of carbonyl (C=O) groups is 1. The summed E-state index contributed by atoms with van der Waals surface area (Å²) >= 11 is 0. The molecule has 0 aliphatic heterocycles. The van der Waals surface area contributed by atoms with Crippen LogP contribution in [0.15, 0.2) is 71.3 Å². The zero-order chi connectivity index (χ0) is 17.5. The SMILES string of the molecule is COc1cccc(-c2cc(COC(=O)/C=C\c3ccccc3)no2)c1. The van der Waals surface area contributed by atoms with E-state index in [0.717, 1.165) is 16.9 Å². The maximum absolute atomic E-state index is 11.8. The van der Waals surface area contributed by atoms with Crippen molar-refractivity contribution in [2.24, 2.45) is 0 Å². The van der Waals surface area contributed by atoms with Gasteiger partial charge in [-0.05, 0) is 23.8 Å². The lowest BCUT2D eigenvalue weighted by Gasteiger charge is -2.00. The van der Waals surface area contributed by atoms with Crippen LogP contribution in [0.5, 0.6) is 5.75 Å². The standard InChI is InChI=1S/C20H17NO4/c1-23-18-9-5-8-16(12-18)19-13-17(21-25-19)14-24-20(22)11-10-15-6-3-2-4-7-15/h2-13H,14H2,1H3/b11-10-. The minimum Gasteiger partial charge on any atom is -0.497 e. The van der Waals surface area contributed by atoms with Crippen molar-refractivity contribution in [3.05, 3.63) is 78.0 Å². The number of benzene rings is 2. The van der Waals surface area contributed by atoms with Crippen LogP contribution in [-0.2, 0) is 16.1 Å². The second kappa shape index (κ2) is 7.97. The number of aromatic nitrogens is 1. The fourth-order valence-electron chi connectivity index (χ4n) is 2.21. The molecule has 0 aliphatic rings. The molecule has 0 bridgehead atoms. The van der Waals surface area contributed by atoms with Gasteiger partial charge in [-0.3, -0.25) is 0 Å². The highest BCUT2D eigenvalue weighted by Crippen LogP contribution is 2.24. The van der Waals surface area contributed by atoms with E-state index >= 15 is 0 Å². The molecule has 2 aromatic carbocycles. The van der Waals surface area contributed by atoms with Crippen LogP contribution in [0.1, 0.15) is 11.3 Å². The van der Waals surface area contributed by atoms with Crippen LogP contribution < -0.4 is 4.74 Å². The largest absolute Gasteiger partial charge is 0.497 e. The Bertz CT molecular complexity index is 868. The maximum Gasteiger partial charge on any atom is 0.331 e. The zero-order valence-corrected chi connectivity index (χ0v) is 13.7. The molecular weight excluding hydrogens is 318 g/mol. The monoisotopic (exact) mass is 335 g/mol. The minimum atomic E-state index is -0.435. The third-order valence-electron chi connectivity index (χ3n) is 3.49. The third kappa shape index (κ3) is 4.57. The molecule has 1 aromatic heterocycles. The maximum atomic E-state index is 11.8. The van der Waals surface area contributed by atoms with Gasteiger partial charge in [0.15, 0.2) is 5.76 Å². The van der Waals surface area contributed by atoms with E-state index in [4.69, 9.17) is 14.0 Å². The Kier molecular flexibility index (Phi) is 5.26. The first-order valence-electron chi connectivity index (χ1n) is 7.74. The number of ether oxygens (including phenoxy) is 2. The van der Waals surface area contributed by atoms with E-state index in [0.29, 0.717) is 11.5 Å². The van der Waals surface area contributed by atoms with Crippen molar-refractivity contribution in [2.45, 2.75) is 6.61 Å². The summed E-state index contributed by atoms with van der Waals surface area (Å²) in [4.78, 5) is 11.8. The summed E-state index contributed by atoms with van der Waals surface area (Å²) < 4.78 is 15.7. The lowest BCUT2D eigenvalue weighted by Crippen LogP contribution is -2.00. The zero-order valence-electron chi connectivity index (χ0n) is 13.7. The predicted molar refractivity (Wildman–Crippen MR) is 93.8 cm³/mol. The van der Waals surface area contributed by atoms with Crippen molar-refractivity contribution in [1.82, 2.24) is 5.16 Å². The Hall–Kier alpha value is -3.34. The highest BCUT2D eigenvalue weighted by Gasteiger charge is 2.09. The number of carbonyl (C=O) groups excluding carboxylic acids is 1. The molecule has 0 amide bonds. The summed E-state index contributed by atoms with van der Waals surface area (Å²) in [6.07, 6.45) is 3.09. The van der Waals surface area contributed by atoms with Crippen molar-refractivity contribution in [3.63, 3.8) is 0 Å². The molecule has 5 heteroatoms. The van der Waals surface area contributed by atoms with Gasteiger partial charge in [0.1, 0.15) is 18.1 Å². The molecule has 3 aromatic rings. The minimum absolute atomic E-state index is 0.0471. The van der Waals surface area contributed by atoms with Gasteiger partial charge in [-0.2, -0.15) is 0 Å². The van der Waals surface area contributed by atoms with Gasteiger partial charge in [0, 0.05) is 17.7 Å². The molecule has 0 saturated carbocycles. The van der Waals surface area contributed by atoms with E-state index in [9.17, 15) is 4.79 Å². The third-order valence-corrected chi connectivity index (χ3v) is 3.49. The number of rotatable bonds is 6. The molecule has 0 N–H and O–H groups in total. The summed E-state index contributed by atoms with van der Waals surface area (Å²) in [5, 5.41) is 3.92. The average Bonchev–Trinajstić information content (AvgIpc) is 3.15. The molecule has 25 heavy (non-hydrogen) atoms. The van der Waals surface area contributed by atoms with Gasteiger partial charge < -0.3 is 14.0 Å². The first kappa shape index (κ1) is 16.5. The summed E-state index contributed by atoms with van der Waals surface area (Å²) in [5.41, 5.74) is 2.31. The highest BCUT2D eigenvalue weighted by molar-refractivity contribution is 5.87. The topological polar surface area (TPSA) is 61.6 Å². The fraction of sp³-hybridized carbons (Fsp3) is 0.100. The summed E-state index contributed by atoms with van der Waals surface area (Å²) in [6.45, 7) is 0.0471. The van der Waals surface area contributed by atoms with Crippen LogP contribution in [0.25, 0.3) is 17.4 Å². The van der Waals surface area contributed by atoms with Crippen LogP contribution in [0.3, 0.4) is 0 Å².